The zero-order valence-corrected chi connectivity index (χ0v) is 10.5. The normalized spacial score (nSPS) is 10.1. The molecule has 0 atom stereocenters. The average molecular weight is 234 g/mol. The Balaban J connectivity index is 2.50. The van der Waals surface area contributed by atoms with Crippen molar-refractivity contribution in [3.05, 3.63) is 11.9 Å². The van der Waals surface area contributed by atoms with Gasteiger partial charge in [0.2, 0.25) is 0 Å². The number of aromatic nitrogens is 2. The molecule has 0 aliphatic carbocycles. The molecule has 1 heterocycles. The molecule has 0 aliphatic heterocycles. The molecule has 92 valence electrons. The number of anilines is 2. The summed E-state index contributed by atoms with van der Waals surface area (Å²) in [5, 5.41) is 14.2. The number of hydrogen-bond donors (Lipinski definition) is 2. The second-order valence-corrected chi connectivity index (χ2v) is 4.01. The summed E-state index contributed by atoms with van der Waals surface area (Å²) in [4.78, 5) is 10.5. The standard InChI is InChI=1S/C11H18N6/c1-9-15-10(7-11(16-9)14-8-12)13-5-4-6-17(2)3/h7H,4-6H2,1-3H3,(H2,13,14,15,16). The van der Waals surface area contributed by atoms with E-state index < -0.39 is 0 Å². The van der Waals surface area contributed by atoms with Gasteiger partial charge in [-0.3, -0.25) is 5.32 Å². The van der Waals surface area contributed by atoms with Gasteiger partial charge in [0.15, 0.2) is 6.19 Å². The van der Waals surface area contributed by atoms with Crippen LogP contribution in [0, 0.1) is 18.4 Å². The lowest BCUT2D eigenvalue weighted by Crippen LogP contribution is -2.16. The van der Waals surface area contributed by atoms with Crippen molar-refractivity contribution < 1.29 is 0 Å². The molecule has 0 fully saturated rings. The lowest BCUT2D eigenvalue weighted by Gasteiger charge is -2.10. The van der Waals surface area contributed by atoms with Gasteiger partial charge in [-0.15, -0.1) is 0 Å². The van der Waals surface area contributed by atoms with Crippen LogP contribution in [0.1, 0.15) is 12.2 Å². The SMILES string of the molecule is Cc1nc(NC#N)cc(NCCCN(C)C)n1. The van der Waals surface area contributed by atoms with E-state index in [4.69, 9.17) is 5.26 Å². The third-order valence-electron chi connectivity index (χ3n) is 2.11. The van der Waals surface area contributed by atoms with Crippen molar-refractivity contribution in [1.82, 2.24) is 14.9 Å². The Morgan fingerprint density at radius 3 is 2.71 bits per heavy atom. The van der Waals surface area contributed by atoms with Gasteiger partial charge in [-0.1, -0.05) is 0 Å². The fourth-order valence-electron chi connectivity index (χ4n) is 1.39. The van der Waals surface area contributed by atoms with E-state index >= 15 is 0 Å². The smallest absolute Gasteiger partial charge is 0.182 e. The monoisotopic (exact) mass is 234 g/mol. The summed E-state index contributed by atoms with van der Waals surface area (Å²) >= 11 is 0. The van der Waals surface area contributed by atoms with E-state index in [1.54, 1.807) is 13.0 Å². The third-order valence-corrected chi connectivity index (χ3v) is 2.11. The Labute approximate surface area is 102 Å². The topological polar surface area (TPSA) is 76.9 Å². The molecule has 0 spiro atoms. The van der Waals surface area contributed by atoms with Crippen molar-refractivity contribution in [2.45, 2.75) is 13.3 Å². The summed E-state index contributed by atoms with van der Waals surface area (Å²) < 4.78 is 0. The summed E-state index contributed by atoms with van der Waals surface area (Å²) in [6.45, 7) is 3.68. The highest BCUT2D eigenvalue weighted by molar-refractivity contribution is 5.49. The number of aryl methyl sites for hydroxylation is 1. The fourth-order valence-corrected chi connectivity index (χ4v) is 1.39. The minimum atomic E-state index is 0.523. The van der Waals surface area contributed by atoms with E-state index in [2.05, 4.69) is 25.5 Å². The Morgan fingerprint density at radius 1 is 1.35 bits per heavy atom. The molecule has 1 aromatic rings. The fraction of sp³-hybridized carbons (Fsp3) is 0.545. The van der Waals surface area contributed by atoms with Crippen LogP contribution >= 0.6 is 0 Å². The number of nitriles is 1. The van der Waals surface area contributed by atoms with E-state index in [-0.39, 0.29) is 0 Å². The van der Waals surface area contributed by atoms with Crippen LogP contribution in [0.2, 0.25) is 0 Å². The quantitative estimate of drug-likeness (QED) is 0.435. The van der Waals surface area contributed by atoms with Crippen molar-refractivity contribution in [3.8, 4) is 6.19 Å². The van der Waals surface area contributed by atoms with E-state index in [9.17, 15) is 0 Å². The largest absolute Gasteiger partial charge is 0.370 e. The molecule has 0 bridgehead atoms. The van der Waals surface area contributed by atoms with Crippen LogP contribution in [0.4, 0.5) is 11.6 Å². The van der Waals surface area contributed by atoms with Gasteiger partial charge in [0.1, 0.15) is 17.5 Å². The van der Waals surface area contributed by atoms with E-state index in [1.807, 2.05) is 20.3 Å². The second kappa shape index (κ2) is 6.66. The molecule has 0 aliphatic rings. The number of hydrogen-bond acceptors (Lipinski definition) is 6. The predicted octanol–water partition coefficient (Wildman–Crippen LogP) is 1.04. The van der Waals surface area contributed by atoms with Crippen molar-refractivity contribution in [2.24, 2.45) is 0 Å². The van der Waals surface area contributed by atoms with Crippen molar-refractivity contribution in [3.63, 3.8) is 0 Å². The maximum atomic E-state index is 8.53. The first-order valence-electron chi connectivity index (χ1n) is 5.51. The minimum absolute atomic E-state index is 0.523. The van der Waals surface area contributed by atoms with Gasteiger partial charge in [0, 0.05) is 12.6 Å². The molecule has 1 aromatic heterocycles. The molecule has 0 saturated carbocycles. The Hall–Kier alpha value is -1.87. The van der Waals surface area contributed by atoms with Gasteiger partial charge in [-0.05, 0) is 34.0 Å². The van der Waals surface area contributed by atoms with Crippen LogP contribution in [-0.4, -0.2) is 42.1 Å². The number of nitrogens with one attached hydrogen (secondary N) is 2. The predicted molar refractivity (Wildman–Crippen MR) is 67.7 cm³/mol. The van der Waals surface area contributed by atoms with E-state index in [0.717, 1.165) is 25.3 Å². The summed E-state index contributed by atoms with van der Waals surface area (Å²) in [6.07, 6.45) is 2.88. The van der Waals surface area contributed by atoms with Crippen LogP contribution in [0.25, 0.3) is 0 Å². The van der Waals surface area contributed by atoms with Crippen LogP contribution in [-0.2, 0) is 0 Å². The first kappa shape index (κ1) is 13.2. The summed E-state index contributed by atoms with van der Waals surface area (Å²) in [5.74, 6) is 1.91. The van der Waals surface area contributed by atoms with E-state index in [1.165, 1.54) is 0 Å². The lowest BCUT2D eigenvalue weighted by atomic mass is 10.4. The maximum absolute atomic E-state index is 8.53. The first-order chi connectivity index (χ1) is 8.11. The van der Waals surface area contributed by atoms with Crippen LogP contribution < -0.4 is 10.6 Å². The highest BCUT2D eigenvalue weighted by Crippen LogP contribution is 2.10. The molecule has 0 aromatic carbocycles. The average Bonchev–Trinajstić information content (AvgIpc) is 2.24. The molecule has 6 nitrogen and oxygen atoms in total. The Kier molecular flexibility index (Phi) is 5.17. The minimum Gasteiger partial charge on any atom is -0.370 e. The van der Waals surface area contributed by atoms with Crippen molar-refractivity contribution >= 4 is 11.6 Å². The van der Waals surface area contributed by atoms with Gasteiger partial charge < -0.3 is 10.2 Å². The number of nitrogens with zero attached hydrogens (tertiary/aromatic N) is 4. The Bertz CT molecular complexity index is 395. The molecular weight excluding hydrogens is 216 g/mol. The molecule has 0 radical (unpaired) electrons. The van der Waals surface area contributed by atoms with Gasteiger partial charge in [0.05, 0.1) is 0 Å². The molecular formula is C11H18N6. The van der Waals surface area contributed by atoms with Gasteiger partial charge >= 0.3 is 0 Å². The molecule has 0 saturated heterocycles. The summed E-state index contributed by atoms with van der Waals surface area (Å²) in [6, 6.07) is 1.73. The number of rotatable bonds is 6. The molecule has 17 heavy (non-hydrogen) atoms. The molecule has 6 heteroatoms. The summed E-state index contributed by atoms with van der Waals surface area (Å²) in [5.41, 5.74) is 0. The van der Waals surface area contributed by atoms with Gasteiger partial charge in [0.25, 0.3) is 0 Å². The molecule has 0 unspecified atom stereocenters. The van der Waals surface area contributed by atoms with Crippen LogP contribution in [0.5, 0.6) is 0 Å². The maximum Gasteiger partial charge on any atom is 0.182 e. The molecule has 1 rings (SSSR count). The highest BCUT2D eigenvalue weighted by Gasteiger charge is 2.00. The highest BCUT2D eigenvalue weighted by atomic mass is 15.1. The van der Waals surface area contributed by atoms with Gasteiger partial charge in [-0.25, -0.2) is 9.97 Å². The van der Waals surface area contributed by atoms with E-state index in [0.29, 0.717) is 11.6 Å². The van der Waals surface area contributed by atoms with Crippen LogP contribution in [0.15, 0.2) is 6.07 Å². The zero-order valence-electron chi connectivity index (χ0n) is 10.5. The van der Waals surface area contributed by atoms with Crippen LogP contribution in [0.3, 0.4) is 0 Å². The first-order valence-corrected chi connectivity index (χ1v) is 5.51. The lowest BCUT2D eigenvalue weighted by molar-refractivity contribution is 0.405. The summed E-state index contributed by atoms with van der Waals surface area (Å²) in [7, 11) is 4.09. The second-order valence-electron chi connectivity index (χ2n) is 4.01. The molecule has 2 N–H and O–H groups in total. The van der Waals surface area contributed by atoms with Crippen molar-refractivity contribution in [1.29, 1.82) is 5.26 Å². The van der Waals surface area contributed by atoms with Crippen molar-refractivity contribution in [2.75, 3.05) is 37.8 Å². The third kappa shape index (κ3) is 5.13. The Morgan fingerprint density at radius 2 is 2.06 bits per heavy atom. The molecule has 0 amide bonds. The zero-order chi connectivity index (χ0) is 12.7. The van der Waals surface area contributed by atoms with Gasteiger partial charge in [-0.2, -0.15) is 5.26 Å².